The quantitative estimate of drug-likeness (QED) is 0.911. The molecule has 0 unspecified atom stereocenters. The Kier molecular flexibility index (Phi) is 4.64. The van der Waals surface area contributed by atoms with Crippen molar-refractivity contribution in [3.8, 4) is 0 Å². The van der Waals surface area contributed by atoms with Crippen LogP contribution in [0.2, 0.25) is 0 Å². The number of anilines is 2. The van der Waals surface area contributed by atoms with E-state index in [1.165, 1.54) is 11.5 Å². The highest BCUT2D eigenvalue weighted by atomic mass is 16.2. The van der Waals surface area contributed by atoms with Crippen molar-refractivity contribution in [2.24, 2.45) is 7.05 Å². The van der Waals surface area contributed by atoms with Gasteiger partial charge in [-0.2, -0.15) is 0 Å². The third-order valence-corrected chi connectivity index (χ3v) is 3.54. The van der Waals surface area contributed by atoms with E-state index in [0.717, 1.165) is 5.69 Å². The third-order valence-electron chi connectivity index (χ3n) is 3.54. The molecular formula is C17H19N3O3. The van der Waals surface area contributed by atoms with E-state index < -0.39 is 5.91 Å². The number of carbonyl (C=O) groups is 2. The first-order valence-corrected chi connectivity index (χ1v) is 7.16. The SMILES string of the molecule is CC(=O)Nc1cccc(NC(=O)c2c(C)cc(C)n(C)c2=O)c1. The van der Waals surface area contributed by atoms with Gasteiger partial charge in [0, 0.05) is 31.0 Å². The minimum absolute atomic E-state index is 0.114. The summed E-state index contributed by atoms with van der Waals surface area (Å²) in [5.41, 5.74) is 2.27. The maximum Gasteiger partial charge on any atom is 0.263 e. The number of hydrogen-bond donors (Lipinski definition) is 2. The van der Waals surface area contributed by atoms with Crippen molar-refractivity contribution >= 4 is 23.2 Å². The zero-order valence-electron chi connectivity index (χ0n) is 13.6. The summed E-state index contributed by atoms with van der Waals surface area (Å²) < 4.78 is 1.44. The molecule has 6 heteroatoms. The Bertz CT molecular complexity index is 837. The van der Waals surface area contributed by atoms with E-state index in [1.807, 2.05) is 6.92 Å². The molecule has 1 aromatic heterocycles. The number of benzene rings is 1. The number of nitrogens with one attached hydrogen (secondary N) is 2. The summed E-state index contributed by atoms with van der Waals surface area (Å²) in [6, 6.07) is 8.54. The van der Waals surface area contributed by atoms with Gasteiger partial charge in [0.05, 0.1) is 0 Å². The van der Waals surface area contributed by atoms with Gasteiger partial charge in [-0.15, -0.1) is 0 Å². The maximum absolute atomic E-state index is 12.4. The molecule has 0 atom stereocenters. The Morgan fingerprint density at radius 3 is 2.26 bits per heavy atom. The number of nitrogens with zero attached hydrogens (tertiary/aromatic N) is 1. The maximum atomic E-state index is 12.4. The van der Waals surface area contributed by atoms with Crippen LogP contribution in [-0.4, -0.2) is 16.4 Å². The number of rotatable bonds is 3. The van der Waals surface area contributed by atoms with Gasteiger partial charge in [0.2, 0.25) is 5.91 Å². The van der Waals surface area contributed by atoms with Gasteiger partial charge < -0.3 is 15.2 Å². The number of amides is 2. The molecule has 2 N–H and O–H groups in total. The number of aryl methyl sites for hydroxylation is 2. The molecule has 0 aliphatic heterocycles. The molecule has 1 heterocycles. The summed E-state index contributed by atoms with van der Waals surface area (Å²) in [4.78, 5) is 35.8. The van der Waals surface area contributed by atoms with Crippen LogP contribution in [0.25, 0.3) is 0 Å². The van der Waals surface area contributed by atoms with Gasteiger partial charge in [0.25, 0.3) is 11.5 Å². The topological polar surface area (TPSA) is 80.2 Å². The first-order valence-electron chi connectivity index (χ1n) is 7.16. The Balaban J connectivity index is 2.32. The Morgan fingerprint density at radius 2 is 1.65 bits per heavy atom. The zero-order chi connectivity index (χ0) is 17.1. The van der Waals surface area contributed by atoms with E-state index in [9.17, 15) is 14.4 Å². The van der Waals surface area contributed by atoms with E-state index in [-0.39, 0.29) is 17.0 Å². The van der Waals surface area contributed by atoms with Crippen molar-refractivity contribution in [3.05, 3.63) is 57.5 Å². The normalized spacial score (nSPS) is 10.3. The number of aromatic nitrogens is 1. The van der Waals surface area contributed by atoms with E-state index in [4.69, 9.17) is 0 Å². The molecule has 120 valence electrons. The van der Waals surface area contributed by atoms with Crippen LogP contribution >= 0.6 is 0 Å². The van der Waals surface area contributed by atoms with E-state index in [1.54, 1.807) is 44.3 Å². The molecule has 0 aliphatic rings. The molecule has 0 fully saturated rings. The lowest BCUT2D eigenvalue weighted by molar-refractivity contribution is -0.114. The fraction of sp³-hybridized carbons (Fsp3) is 0.235. The van der Waals surface area contributed by atoms with Crippen molar-refractivity contribution in [2.45, 2.75) is 20.8 Å². The van der Waals surface area contributed by atoms with Crippen molar-refractivity contribution in [2.75, 3.05) is 10.6 Å². The first kappa shape index (κ1) is 16.5. The number of hydrogen-bond acceptors (Lipinski definition) is 3. The van der Waals surface area contributed by atoms with Gasteiger partial charge in [0.15, 0.2) is 0 Å². The van der Waals surface area contributed by atoms with Crippen LogP contribution < -0.4 is 16.2 Å². The molecule has 0 spiro atoms. The molecule has 6 nitrogen and oxygen atoms in total. The van der Waals surface area contributed by atoms with E-state index in [2.05, 4.69) is 10.6 Å². The van der Waals surface area contributed by atoms with Crippen LogP contribution in [0.3, 0.4) is 0 Å². The Hall–Kier alpha value is -2.89. The Morgan fingerprint density at radius 1 is 1.04 bits per heavy atom. The molecule has 0 radical (unpaired) electrons. The molecular weight excluding hydrogens is 294 g/mol. The van der Waals surface area contributed by atoms with Crippen molar-refractivity contribution in [3.63, 3.8) is 0 Å². The fourth-order valence-electron chi connectivity index (χ4n) is 2.33. The van der Waals surface area contributed by atoms with Crippen LogP contribution in [0.5, 0.6) is 0 Å². The highest BCUT2D eigenvalue weighted by Gasteiger charge is 2.16. The summed E-state index contributed by atoms with van der Waals surface area (Å²) in [7, 11) is 1.63. The van der Waals surface area contributed by atoms with Gasteiger partial charge >= 0.3 is 0 Å². The molecule has 2 amide bonds. The summed E-state index contributed by atoms with van der Waals surface area (Å²) in [6.07, 6.45) is 0. The van der Waals surface area contributed by atoms with Crippen molar-refractivity contribution in [1.82, 2.24) is 4.57 Å². The van der Waals surface area contributed by atoms with Gasteiger partial charge in [-0.25, -0.2) is 0 Å². The second-order valence-electron chi connectivity index (χ2n) is 5.42. The summed E-state index contributed by atoms with van der Waals surface area (Å²) in [5.74, 6) is -0.667. The lowest BCUT2D eigenvalue weighted by Crippen LogP contribution is -2.30. The van der Waals surface area contributed by atoms with Gasteiger partial charge in [-0.1, -0.05) is 6.07 Å². The van der Waals surface area contributed by atoms with E-state index in [0.29, 0.717) is 16.9 Å². The van der Waals surface area contributed by atoms with Crippen LogP contribution in [-0.2, 0) is 11.8 Å². The van der Waals surface area contributed by atoms with Crippen molar-refractivity contribution < 1.29 is 9.59 Å². The molecule has 0 bridgehead atoms. The summed E-state index contributed by atoms with van der Waals surface area (Å²) in [6.45, 7) is 4.95. The minimum Gasteiger partial charge on any atom is -0.326 e. The second kappa shape index (κ2) is 6.48. The molecule has 0 saturated carbocycles. The fourth-order valence-corrected chi connectivity index (χ4v) is 2.33. The van der Waals surface area contributed by atoms with Crippen LogP contribution in [0, 0.1) is 13.8 Å². The molecule has 23 heavy (non-hydrogen) atoms. The second-order valence-corrected chi connectivity index (χ2v) is 5.42. The Labute approximate surface area is 134 Å². The number of carbonyl (C=O) groups excluding carboxylic acids is 2. The largest absolute Gasteiger partial charge is 0.326 e. The third kappa shape index (κ3) is 3.66. The monoisotopic (exact) mass is 313 g/mol. The summed E-state index contributed by atoms with van der Waals surface area (Å²) in [5, 5.41) is 5.34. The molecule has 2 rings (SSSR count). The smallest absolute Gasteiger partial charge is 0.263 e. The predicted molar refractivity (Wildman–Crippen MR) is 89.9 cm³/mol. The molecule has 0 saturated heterocycles. The summed E-state index contributed by atoms with van der Waals surface area (Å²) >= 11 is 0. The van der Waals surface area contributed by atoms with Gasteiger partial charge in [0.1, 0.15) is 5.56 Å². The van der Waals surface area contributed by atoms with Gasteiger partial charge in [-0.3, -0.25) is 14.4 Å². The van der Waals surface area contributed by atoms with Gasteiger partial charge in [-0.05, 0) is 43.7 Å². The lowest BCUT2D eigenvalue weighted by Gasteiger charge is -2.12. The minimum atomic E-state index is -0.469. The lowest BCUT2D eigenvalue weighted by atomic mass is 10.1. The van der Waals surface area contributed by atoms with Crippen LogP contribution in [0.1, 0.15) is 28.5 Å². The number of pyridine rings is 1. The average molecular weight is 313 g/mol. The molecule has 0 aliphatic carbocycles. The highest BCUT2D eigenvalue weighted by Crippen LogP contribution is 2.16. The average Bonchev–Trinajstić information content (AvgIpc) is 2.44. The molecule has 2 aromatic rings. The van der Waals surface area contributed by atoms with E-state index >= 15 is 0 Å². The van der Waals surface area contributed by atoms with Crippen molar-refractivity contribution in [1.29, 1.82) is 0 Å². The van der Waals surface area contributed by atoms with Crippen LogP contribution in [0.15, 0.2) is 35.1 Å². The zero-order valence-corrected chi connectivity index (χ0v) is 13.6. The first-order chi connectivity index (χ1) is 10.8. The molecule has 1 aromatic carbocycles. The predicted octanol–water partition coefficient (Wildman–Crippen LogP) is 2.21. The standard InChI is InChI=1S/C17H19N3O3/c1-10-8-11(2)20(4)17(23)15(10)16(22)19-14-7-5-6-13(9-14)18-12(3)21/h5-9H,1-4H3,(H,18,21)(H,19,22). The highest BCUT2D eigenvalue weighted by molar-refractivity contribution is 6.05. The van der Waals surface area contributed by atoms with Crippen LogP contribution in [0.4, 0.5) is 11.4 Å².